The van der Waals surface area contributed by atoms with Gasteiger partial charge in [0.15, 0.2) is 0 Å². The van der Waals surface area contributed by atoms with Gasteiger partial charge in [-0.2, -0.15) is 0 Å². The quantitative estimate of drug-likeness (QED) is 0.841. The highest BCUT2D eigenvalue weighted by Crippen LogP contribution is 2.13. The van der Waals surface area contributed by atoms with E-state index in [1.165, 1.54) is 0 Å². The topological polar surface area (TPSA) is 29.5 Å². The molecule has 2 aromatic rings. The third kappa shape index (κ3) is 4.31. The Morgan fingerprint density at radius 3 is 2.19 bits per heavy atom. The first-order chi connectivity index (χ1) is 10.1. The van der Waals surface area contributed by atoms with Crippen LogP contribution in [0, 0.1) is 0 Å². The Kier molecular flexibility index (Phi) is 5.37. The number of halogens is 1. The van der Waals surface area contributed by atoms with Gasteiger partial charge >= 0.3 is 0 Å². The molecule has 0 spiro atoms. The highest BCUT2D eigenvalue weighted by atomic mass is 35.5. The first kappa shape index (κ1) is 15.5. The van der Waals surface area contributed by atoms with E-state index in [1.54, 1.807) is 19.1 Å². The van der Waals surface area contributed by atoms with Crippen LogP contribution in [0.4, 0.5) is 0 Å². The summed E-state index contributed by atoms with van der Waals surface area (Å²) in [6, 6.07) is 15.0. The highest BCUT2D eigenvalue weighted by molar-refractivity contribution is 6.30. The first-order valence-electron chi connectivity index (χ1n) is 6.68. The first-order valence-corrected chi connectivity index (χ1v) is 7.05. The summed E-state index contributed by atoms with van der Waals surface area (Å²) in [5.74, 6) is -0.00563. The molecule has 0 saturated carbocycles. The molecule has 0 saturated heterocycles. The van der Waals surface area contributed by atoms with Gasteiger partial charge in [0.05, 0.1) is 6.61 Å². The van der Waals surface area contributed by atoms with Crippen LogP contribution in [-0.2, 0) is 17.9 Å². The lowest BCUT2D eigenvalue weighted by molar-refractivity contribution is 0.0785. The number of ether oxygens (including phenoxy) is 1. The van der Waals surface area contributed by atoms with Crippen molar-refractivity contribution in [1.82, 2.24) is 4.90 Å². The van der Waals surface area contributed by atoms with Crippen LogP contribution in [0.3, 0.4) is 0 Å². The maximum atomic E-state index is 12.4. The summed E-state index contributed by atoms with van der Waals surface area (Å²) in [5, 5.41) is 0.696. The second kappa shape index (κ2) is 7.25. The van der Waals surface area contributed by atoms with Crippen LogP contribution in [0.25, 0.3) is 0 Å². The van der Waals surface area contributed by atoms with Gasteiger partial charge in [-0.05, 0) is 35.4 Å². The molecule has 0 heterocycles. The normalized spacial score (nSPS) is 10.4. The molecule has 0 radical (unpaired) electrons. The van der Waals surface area contributed by atoms with Gasteiger partial charge < -0.3 is 9.64 Å². The molecule has 0 N–H and O–H groups in total. The van der Waals surface area contributed by atoms with Gasteiger partial charge in [0.2, 0.25) is 0 Å². The standard InChI is InChI=1S/C17H18ClNO2/c1-19(11-13-5-9-16(18)10-6-13)17(20)15-7-3-14(4-8-15)12-21-2/h3-10H,11-12H2,1-2H3. The molecule has 3 nitrogen and oxygen atoms in total. The molecule has 0 aromatic heterocycles. The third-order valence-electron chi connectivity index (χ3n) is 3.19. The van der Waals surface area contributed by atoms with E-state index in [0.717, 1.165) is 11.1 Å². The molecule has 0 aliphatic heterocycles. The van der Waals surface area contributed by atoms with Crippen molar-refractivity contribution in [1.29, 1.82) is 0 Å². The average Bonchev–Trinajstić information content (AvgIpc) is 2.50. The molecule has 1 amide bonds. The predicted molar refractivity (Wildman–Crippen MR) is 84.4 cm³/mol. The molecule has 0 aliphatic rings. The van der Waals surface area contributed by atoms with Gasteiger partial charge in [-0.25, -0.2) is 0 Å². The fourth-order valence-electron chi connectivity index (χ4n) is 2.07. The van der Waals surface area contributed by atoms with Gasteiger partial charge in [0.25, 0.3) is 5.91 Å². The Bertz CT molecular complexity index is 593. The van der Waals surface area contributed by atoms with Crippen molar-refractivity contribution >= 4 is 17.5 Å². The average molecular weight is 304 g/mol. The number of amides is 1. The van der Waals surface area contributed by atoms with Crippen LogP contribution in [0.2, 0.25) is 5.02 Å². The number of benzene rings is 2. The van der Waals surface area contributed by atoms with Gasteiger partial charge in [-0.1, -0.05) is 35.9 Å². The van der Waals surface area contributed by atoms with Crippen molar-refractivity contribution in [2.45, 2.75) is 13.2 Å². The maximum absolute atomic E-state index is 12.4. The summed E-state index contributed by atoms with van der Waals surface area (Å²) >= 11 is 5.86. The van der Waals surface area contributed by atoms with Crippen LogP contribution in [0.5, 0.6) is 0 Å². The van der Waals surface area contributed by atoms with Crippen LogP contribution >= 0.6 is 11.6 Å². The molecule has 0 aliphatic carbocycles. The molecule has 0 unspecified atom stereocenters. The Balaban J connectivity index is 2.02. The summed E-state index contributed by atoms with van der Waals surface area (Å²) in [6.07, 6.45) is 0. The van der Waals surface area contributed by atoms with Crippen molar-refractivity contribution in [2.75, 3.05) is 14.2 Å². The lowest BCUT2D eigenvalue weighted by Crippen LogP contribution is -2.26. The summed E-state index contributed by atoms with van der Waals surface area (Å²) in [4.78, 5) is 14.0. The Morgan fingerprint density at radius 1 is 1.05 bits per heavy atom. The minimum Gasteiger partial charge on any atom is -0.380 e. The third-order valence-corrected chi connectivity index (χ3v) is 3.44. The second-order valence-electron chi connectivity index (χ2n) is 4.92. The van der Waals surface area contributed by atoms with Gasteiger partial charge in [-0.3, -0.25) is 4.79 Å². The van der Waals surface area contributed by atoms with E-state index in [2.05, 4.69) is 0 Å². The van der Waals surface area contributed by atoms with Crippen molar-refractivity contribution in [3.05, 3.63) is 70.2 Å². The lowest BCUT2D eigenvalue weighted by atomic mass is 10.1. The highest BCUT2D eigenvalue weighted by Gasteiger charge is 2.11. The molecule has 21 heavy (non-hydrogen) atoms. The van der Waals surface area contributed by atoms with Crippen molar-refractivity contribution in [3.8, 4) is 0 Å². The number of hydrogen-bond donors (Lipinski definition) is 0. The van der Waals surface area contributed by atoms with E-state index >= 15 is 0 Å². The number of rotatable bonds is 5. The molecule has 0 bridgehead atoms. The molecular formula is C17H18ClNO2. The fourth-order valence-corrected chi connectivity index (χ4v) is 2.19. The van der Waals surface area contributed by atoms with Gasteiger partial charge in [0.1, 0.15) is 0 Å². The number of carbonyl (C=O) groups is 1. The SMILES string of the molecule is COCc1ccc(C(=O)N(C)Cc2ccc(Cl)cc2)cc1. The summed E-state index contributed by atoms with van der Waals surface area (Å²) in [7, 11) is 3.44. The molecule has 2 rings (SSSR count). The Morgan fingerprint density at radius 2 is 1.62 bits per heavy atom. The molecule has 0 fully saturated rings. The predicted octanol–water partition coefficient (Wildman–Crippen LogP) is 3.76. The van der Waals surface area contributed by atoms with E-state index in [1.807, 2.05) is 48.5 Å². The molecule has 4 heteroatoms. The number of methoxy groups -OCH3 is 1. The molecule has 2 aromatic carbocycles. The zero-order valence-electron chi connectivity index (χ0n) is 12.2. The van der Waals surface area contributed by atoms with Crippen LogP contribution in [-0.4, -0.2) is 25.0 Å². The van der Waals surface area contributed by atoms with E-state index in [-0.39, 0.29) is 5.91 Å². The van der Waals surface area contributed by atoms with Crippen LogP contribution in [0.1, 0.15) is 21.5 Å². The van der Waals surface area contributed by atoms with Crippen LogP contribution in [0.15, 0.2) is 48.5 Å². The Hall–Kier alpha value is -1.84. The molecule has 0 atom stereocenters. The monoisotopic (exact) mass is 303 g/mol. The Labute approximate surface area is 130 Å². The number of hydrogen-bond acceptors (Lipinski definition) is 2. The summed E-state index contributed by atoms with van der Waals surface area (Å²) in [6.45, 7) is 1.10. The largest absolute Gasteiger partial charge is 0.380 e. The summed E-state index contributed by atoms with van der Waals surface area (Å²) in [5.41, 5.74) is 2.77. The van der Waals surface area contributed by atoms with E-state index in [0.29, 0.717) is 23.7 Å². The summed E-state index contributed by atoms with van der Waals surface area (Å²) < 4.78 is 5.06. The van der Waals surface area contributed by atoms with E-state index in [9.17, 15) is 4.79 Å². The number of nitrogens with zero attached hydrogens (tertiary/aromatic N) is 1. The van der Waals surface area contributed by atoms with Gasteiger partial charge in [0, 0.05) is 31.3 Å². The second-order valence-corrected chi connectivity index (χ2v) is 5.35. The minimum absolute atomic E-state index is 0.00563. The van der Waals surface area contributed by atoms with Crippen molar-refractivity contribution < 1.29 is 9.53 Å². The minimum atomic E-state index is -0.00563. The lowest BCUT2D eigenvalue weighted by Gasteiger charge is -2.17. The van der Waals surface area contributed by atoms with E-state index in [4.69, 9.17) is 16.3 Å². The molecule has 110 valence electrons. The zero-order valence-corrected chi connectivity index (χ0v) is 12.9. The van der Waals surface area contributed by atoms with Gasteiger partial charge in [-0.15, -0.1) is 0 Å². The zero-order chi connectivity index (χ0) is 15.2. The van der Waals surface area contributed by atoms with Crippen LogP contribution < -0.4 is 0 Å². The fraction of sp³-hybridized carbons (Fsp3) is 0.235. The maximum Gasteiger partial charge on any atom is 0.253 e. The number of carbonyl (C=O) groups excluding carboxylic acids is 1. The van der Waals surface area contributed by atoms with Crippen molar-refractivity contribution in [2.24, 2.45) is 0 Å². The smallest absolute Gasteiger partial charge is 0.253 e. The van der Waals surface area contributed by atoms with E-state index < -0.39 is 0 Å². The molecular weight excluding hydrogens is 286 g/mol. The van der Waals surface area contributed by atoms with Crippen molar-refractivity contribution in [3.63, 3.8) is 0 Å².